The standard InChI is InChI=1S/C28H45BrN2O8SSi/c1-21-15-13-16-22(23(21)25-31-39-26(40-25)24(32)30-17-14-20-41(34,35)36)37-18-11-9-7-5-4-6-8-10-12-19-38-27(33)28(2,3)29/h13,15-16,26,34-36H,4-12,14,17-20H2,1-3H3,(H,30,32). The second kappa shape index (κ2) is 18.1. The lowest BCUT2D eigenvalue weighted by molar-refractivity contribution is -0.145. The van der Waals surface area contributed by atoms with Crippen LogP contribution < -0.4 is 10.1 Å². The van der Waals surface area contributed by atoms with Gasteiger partial charge in [0, 0.05) is 12.6 Å². The molecule has 41 heavy (non-hydrogen) atoms. The minimum absolute atomic E-state index is 0.143. The monoisotopic (exact) mass is 676 g/mol. The molecule has 4 N–H and O–H groups in total. The number of hydrogen-bond donors (Lipinski definition) is 4. The smallest absolute Gasteiger partial charge is 0.492 e. The number of hydrogen-bond acceptors (Lipinski definition) is 10. The highest BCUT2D eigenvalue weighted by Crippen LogP contribution is 2.34. The first kappa shape index (κ1) is 35.6. The predicted molar refractivity (Wildman–Crippen MR) is 166 cm³/mol. The number of esters is 1. The van der Waals surface area contributed by atoms with Crippen molar-refractivity contribution in [2.45, 2.75) is 101 Å². The number of aryl methyl sites for hydroxylation is 1. The molecule has 2 rings (SSSR count). The Morgan fingerprint density at radius 1 is 1.02 bits per heavy atom. The van der Waals surface area contributed by atoms with Gasteiger partial charge in [0.25, 0.3) is 11.3 Å². The number of rotatable bonds is 20. The third-order valence-corrected chi connectivity index (χ3v) is 8.73. The number of halogens is 1. The number of carbonyl (C=O) groups excluding carboxylic acids is 2. The number of alkyl halides is 1. The van der Waals surface area contributed by atoms with Crippen LogP contribution in [0.3, 0.4) is 0 Å². The van der Waals surface area contributed by atoms with Crippen LogP contribution in [0.2, 0.25) is 6.04 Å². The van der Waals surface area contributed by atoms with E-state index in [1.165, 1.54) is 31.0 Å². The summed E-state index contributed by atoms with van der Waals surface area (Å²) >= 11 is 4.51. The highest BCUT2D eigenvalue weighted by molar-refractivity contribution is 9.10. The maximum absolute atomic E-state index is 12.4. The van der Waals surface area contributed by atoms with Crippen molar-refractivity contribution in [1.29, 1.82) is 0 Å². The van der Waals surface area contributed by atoms with E-state index < -0.39 is 18.6 Å². The van der Waals surface area contributed by atoms with Crippen LogP contribution in [0.5, 0.6) is 5.75 Å². The lowest BCUT2D eigenvalue weighted by Gasteiger charge is -2.14. The fraction of sp³-hybridized carbons (Fsp3) is 0.679. The normalized spacial score (nSPS) is 15.3. The van der Waals surface area contributed by atoms with Crippen LogP contribution in [0.1, 0.15) is 89.2 Å². The third kappa shape index (κ3) is 14.4. The van der Waals surface area contributed by atoms with E-state index in [0.717, 1.165) is 49.7 Å². The first-order valence-corrected chi connectivity index (χ1v) is 18.0. The average Bonchev–Trinajstić information content (AvgIpc) is 3.38. The summed E-state index contributed by atoms with van der Waals surface area (Å²) in [5.74, 6) is 0.125. The Morgan fingerprint density at radius 3 is 2.24 bits per heavy atom. The van der Waals surface area contributed by atoms with Gasteiger partial charge in [-0.1, -0.05) is 78.2 Å². The minimum atomic E-state index is -4.10. The summed E-state index contributed by atoms with van der Waals surface area (Å²) in [6.07, 6.45) is 10.2. The molecular formula is C28H45BrN2O8SSi. The number of ether oxygens (including phenoxy) is 2. The molecule has 1 aromatic carbocycles. The number of oxime groups is 1. The Labute approximate surface area is 257 Å². The molecule has 0 aromatic heterocycles. The number of amides is 1. The largest absolute Gasteiger partial charge is 0.493 e. The zero-order valence-corrected chi connectivity index (χ0v) is 27.7. The molecule has 1 heterocycles. The number of unbranched alkanes of at least 4 members (excludes halogenated alkanes) is 8. The molecule has 1 atom stereocenters. The first-order chi connectivity index (χ1) is 19.4. The van der Waals surface area contributed by atoms with Crippen LogP contribution in [0.15, 0.2) is 23.4 Å². The fourth-order valence-electron chi connectivity index (χ4n) is 4.06. The SMILES string of the molecule is Cc1cccc(OCCCCCCCCCCCOC(=O)C(C)(C)Br)c1C1=NOC(C(=O)NCCC[Si](O)(O)O)S1. The summed E-state index contributed by atoms with van der Waals surface area (Å²) in [6.45, 7) is 6.80. The summed E-state index contributed by atoms with van der Waals surface area (Å²) < 4.78 is 10.7. The number of nitrogens with one attached hydrogen (secondary N) is 1. The van der Waals surface area contributed by atoms with E-state index in [0.29, 0.717) is 24.0 Å². The predicted octanol–water partition coefficient (Wildman–Crippen LogP) is 4.77. The van der Waals surface area contributed by atoms with Crippen molar-refractivity contribution in [3.63, 3.8) is 0 Å². The Kier molecular flexibility index (Phi) is 15.7. The summed E-state index contributed by atoms with van der Waals surface area (Å²) in [5.41, 5.74) is 0.940. The third-order valence-electron chi connectivity index (χ3n) is 6.37. The Morgan fingerprint density at radius 2 is 1.63 bits per heavy atom. The lowest BCUT2D eigenvalue weighted by atomic mass is 10.1. The molecule has 1 amide bonds. The van der Waals surface area contributed by atoms with Crippen LogP contribution in [0, 0.1) is 6.92 Å². The molecule has 1 aliphatic rings. The van der Waals surface area contributed by atoms with E-state index in [4.69, 9.17) is 28.7 Å². The molecular weight excluding hydrogens is 632 g/mol. The maximum atomic E-state index is 12.4. The molecule has 0 radical (unpaired) electrons. The molecule has 232 valence electrons. The summed E-state index contributed by atoms with van der Waals surface area (Å²) in [5, 5.41) is 7.37. The highest BCUT2D eigenvalue weighted by atomic mass is 79.9. The van der Waals surface area contributed by atoms with Gasteiger partial charge in [-0.2, -0.15) is 0 Å². The van der Waals surface area contributed by atoms with Gasteiger partial charge in [0.1, 0.15) is 10.1 Å². The molecule has 13 heteroatoms. The Balaban J connectivity index is 1.60. The molecule has 0 fully saturated rings. The molecule has 0 bridgehead atoms. The average molecular weight is 678 g/mol. The van der Waals surface area contributed by atoms with Crippen LogP contribution in [0.25, 0.3) is 0 Å². The Bertz CT molecular complexity index is 1000. The summed E-state index contributed by atoms with van der Waals surface area (Å²) in [6, 6.07) is 5.65. The Hall–Kier alpha value is -1.64. The zero-order valence-electron chi connectivity index (χ0n) is 24.3. The van der Waals surface area contributed by atoms with Crippen LogP contribution in [0.4, 0.5) is 0 Å². The number of thioether (sulfide) groups is 1. The fourth-order valence-corrected chi connectivity index (χ4v) is 5.77. The van der Waals surface area contributed by atoms with Gasteiger partial charge < -0.3 is 34.0 Å². The number of carbonyl (C=O) groups is 2. The maximum Gasteiger partial charge on any atom is 0.492 e. The van der Waals surface area contributed by atoms with Gasteiger partial charge in [-0.05, 0) is 63.4 Å². The quantitative estimate of drug-likeness (QED) is 0.0663. The molecule has 0 saturated heterocycles. The van der Waals surface area contributed by atoms with Gasteiger partial charge in [-0.15, -0.1) is 0 Å². The van der Waals surface area contributed by atoms with Crippen LogP contribution >= 0.6 is 27.7 Å². The van der Waals surface area contributed by atoms with Crippen molar-refractivity contribution in [2.24, 2.45) is 5.16 Å². The highest BCUT2D eigenvalue weighted by Gasteiger charge is 2.32. The van der Waals surface area contributed by atoms with Crippen molar-refractivity contribution in [2.75, 3.05) is 19.8 Å². The van der Waals surface area contributed by atoms with Gasteiger partial charge in [-0.25, -0.2) is 0 Å². The molecule has 10 nitrogen and oxygen atoms in total. The van der Waals surface area contributed by atoms with E-state index in [1.54, 1.807) is 13.8 Å². The topological polar surface area (TPSA) is 147 Å². The number of nitrogens with zero attached hydrogens (tertiary/aromatic N) is 1. The van der Waals surface area contributed by atoms with E-state index in [-0.39, 0.29) is 30.9 Å². The molecule has 1 unspecified atom stereocenters. The van der Waals surface area contributed by atoms with E-state index in [2.05, 4.69) is 26.4 Å². The lowest BCUT2D eigenvalue weighted by Crippen LogP contribution is -2.37. The molecule has 0 aliphatic carbocycles. The zero-order chi connectivity index (χ0) is 30.3. The molecule has 0 spiro atoms. The second-order valence-corrected chi connectivity index (χ2v) is 15.8. The van der Waals surface area contributed by atoms with Crippen molar-refractivity contribution in [3.8, 4) is 5.75 Å². The minimum Gasteiger partial charge on any atom is -0.493 e. The van der Waals surface area contributed by atoms with E-state index >= 15 is 0 Å². The first-order valence-electron chi connectivity index (χ1n) is 14.3. The van der Waals surface area contributed by atoms with Crippen molar-refractivity contribution < 1.29 is 38.3 Å². The number of benzene rings is 1. The van der Waals surface area contributed by atoms with Gasteiger partial charge in [-0.3, -0.25) is 9.59 Å². The molecule has 1 aliphatic heterocycles. The van der Waals surface area contributed by atoms with Crippen LogP contribution in [-0.4, -0.2) is 69.6 Å². The molecule has 1 aromatic rings. The van der Waals surface area contributed by atoms with E-state index in [1.807, 2.05) is 25.1 Å². The van der Waals surface area contributed by atoms with Gasteiger partial charge in [0.05, 0.1) is 18.8 Å². The molecule has 0 saturated carbocycles. The van der Waals surface area contributed by atoms with Gasteiger partial charge >= 0.3 is 14.8 Å². The van der Waals surface area contributed by atoms with Gasteiger partial charge in [0.2, 0.25) is 0 Å². The summed E-state index contributed by atoms with van der Waals surface area (Å²) in [7, 11) is -4.10. The van der Waals surface area contributed by atoms with Crippen molar-refractivity contribution >= 4 is 53.4 Å². The van der Waals surface area contributed by atoms with Crippen LogP contribution in [-0.2, 0) is 19.2 Å². The van der Waals surface area contributed by atoms with E-state index in [9.17, 15) is 9.59 Å². The van der Waals surface area contributed by atoms with Crippen molar-refractivity contribution in [1.82, 2.24) is 5.32 Å². The summed E-state index contributed by atoms with van der Waals surface area (Å²) in [4.78, 5) is 56.7. The second-order valence-electron chi connectivity index (χ2n) is 10.7. The van der Waals surface area contributed by atoms with Crippen molar-refractivity contribution in [3.05, 3.63) is 29.3 Å². The van der Waals surface area contributed by atoms with Gasteiger partial charge in [0.15, 0.2) is 5.04 Å².